The first-order chi connectivity index (χ1) is 9.95. The average Bonchev–Trinajstić information content (AvgIpc) is 2.46. The van der Waals surface area contributed by atoms with Gasteiger partial charge in [-0.25, -0.2) is 4.79 Å². The highest BCUT2D eigenvalue weighted by Gasteiger charge is 2.35. The molecule has 1 aromatic rings. The summed E-state index contributed by atoms with van der Waals surface area (Å²) in [5.41, 5.74) is 5.93. The molecule has 0 saturated carbocycles. The summed E-state index contributed by atoms with van der Waals surface area (Å²) >= 11 is 0. The minimum absolute atomic E-state index is 0.142. The van der Waals surface area contributed by atoms with Crippen LogP contribution in [0.3, 0.4) is 0 Å². The number of rotatable bonds is 3. The molecule has 1 fully saturated rings. The van der Waals surface area contributed by atoms with E-state index >= 15 is 0 Å². The summed E-state index contributed by atoms with van der Waals surface area (Å²) < 4.78 is 11.1. The fraction of sp³-hybridized carbons (Fsp3) is 0.533. The molecule has 116 valence electrons. The standard InChI is InChI=1S/C15H23N3O3/c1-15(2)10-18(9-11(8-16)21-15)14(19)17-12-6-4-5-7-13(12)20-3/h4-7,11H,8-10,16H2,1-3H3,(H,17,19). The molecular formula is C15H23N3O3. The van der Waals surface area contributed by atoms with Gasteiger partial charge in [-0.05, 0) is 26.0 Å². The van der Waals surface area contributed by atoms with E-state index in [9.17, 15) is 4.79 Å². The lowest BCUT2D eigenvalue weighted by molar-refractivity contribution is -0.119. The fourth-order valence-corrected chi connectivity index (χ4v) is 2.52. The van der Waals surface area contributed by atoms with Crippen molar-refractivity contribution in [3.05, 3.63) is 24.3 Å². The monoisotopic (exact) mass is 293 g/mol. The summed E-state index contributed by atoms with van der Waals surface area (Å²) in [7, 11) is 1.58. The zero-order valence-corrected chi connectivity index (χ0v) is 12.8. The molecule has 1 heterocycles. The van der Waals surface area contributed by atoms with E-state index in [1.54, 1.807) is 12.0 Å². The number of urea groups is 1. The van der Waals surface area contributed by atoms with Crippen LogP contribution in [0.1, 0.15) is 13.8 Å². The zero-order chi connectivity index (χ0) is 15.5. The van der Waals surface area contributed by atoms with Crippen molar-refractivity contribution in [3.63, 3.8) is 0 Å². The van der Waals surface area contributed by atoms with Gasteiger partial charge in [0.05, 0.1) is 31.0 Å². The Bertz CT molecular complexity index is 505. The number of nitrogens with zero attached hydrogens (tertiary/aromatic N) is 1. The second kappa shape index (κ2) is 6.32. The summed E-state index contributed by atoms with van der Waals surface area (Å²) in [4.78, 5) is 14.2. The number of anilines is 1. The third-order valence-corrected chi connectivity index (χ3v) is 3.38. The van der Waals surface area contributed by atoms with Gasteiger partial charge in [-0.1, -0.05) is 12.1 Å². The smallest absolute Gasteiger partial charge is 0.322 e. The molecule has 1 aliphatic heterocycles. The first kappa shape index (κ1) is 15.6. The predicted octanol–water partition coefficient (Wildman–Crippen LogP) is 1.67. The van der Waals surface area contributed by atoms with Crippen LogP contribution in [0.25, 0.3) is 0 Å². The van der Waals surface area contributed by atoms with Crippen LogP contribution >= 0.6 is 0 Å². The van der Waals surface area contributed by atoms with Crippen LogP contribution in [-0.2, 0) is 4.74 Å². The van der Waals surface area contributed by atoms with E-state index in [1.807, 2.05) is 38.1 Å². The maximum Gasteiger partial charge on any atom is 0.322 e. The van der Waals surface area contributed by atoms with E-state index in [1.165, 1.54) is 0 Å². The summed E-state index contributed by atoms with van der Waals surface area (Å²) in [5, 5.41) is 2.88. The molecule has 6 nitrogen and oxygen atoms in total. The van der Waals surface area contributed by atoms with Crippen molar-refractivity contribution in [1.82, 2.24) is 4.90 Å². The Balaban J connectivity index is 2.09. The highest BCUT2D eigenvalue weighted by Crippen LogP contribution is 2.25. The quantitative estimate of drug-likeness (QED) is 0.888. The molecule has 0 bridgehead atoms. The first-order valence-corrected chi connectivity index (χ1v) is 7.02. The molecule has 1 unspecified atom stereocenters. The Kier molecular flexibility index (Phi) is 4.69. The number of methoxy groups -OCH3 is 1. The minimum Gasteiger partial charge on any atom is -0.495 e. The van der Waals surface area contributed by atoms with Crippen molar-refractivity contribution < 1.29 is 14.3 Å². The number of carbonyl (C=O) groups is 1. The van der Waals surface area contributed by atoms with Gasteiger partial charge in [-0.15, -0.1) is 0 Å². The van der Waals surface area contributed by atoms with Gasteiger partial charge < -0.3 is 25.4 Å². The predicted molar refractivity (Wildman–Crippen MR) is 81.6 cm³/mol. The zero-order valence-electron chi connectivity index (χ0n) is 12.8. The van der Waals surface area contributed by atoms with Crippen LogP contribution in [0.4, 0.5) is 10.5 Å². The van der Waals surface area contributed by atoms with Crippen molar-refractivity contribution in [2.75, 3.05) is 32.1 Å². The van der Waals surface area contributed by atoms with Crippen molar-refractivity contribution in [2.45, 2.75) is 25.6 Å². The summed E-state index contributed by atoms with van der Waals surface area (Å²) in [6, 6.07) is 7.15. The van der Waals surface area contributed by atoms with Crippen LogP contribution in [-0.4, -0.2) is 49.4 Å². The van der Waals surface area contributed by atoms with Crippen molar-refractivity contribution in [1.29, 1.82) is 0 Å². The Morgan fingerprint density at radius 3 is 2.90 bits per heavy atom. The molecule has 0 aliphatic carbocycles. The van der Waals surface area contributed by atoms with Gasteiger partial charge in [0, 0.05) is 13.1 Å². The molecule has 0 radical (unpaired) electrons. The maximum atomic E-state index is 12.4. The Morgan fingerprint density at radius 1 is 1.52 bits per heavy atom. The van der Waals surface area contributed by atoms with Gasteiger partial charge in [-0.2, -0.15) is 0 Å². The van der Waals surface area contributed by atoms with Crippen LogP contribution in [0, 0.1) is 0 Å². The largest absolute Gasteiger partial charge is 0.495 e. The van der Waals surface area contributed by atoms with Gasteiger partial charge in [0.25, 0.3) is 0 Å². The lowest BCUT2D eigenvalue weighted by atomic mass is 10.1. The molecule has 0 spiro atoms. The van der Waals surface area contributed by atoms with Crippen molar-refractivity contribution in [2.24, 2.45) is 5.73 Å². The topological polar surface area (TPSA) is 76.8 Å². The molecule has 21 heavy (non-hydrogen) atoms. The maximum absolute atomic E-state index is 12.4. The van der Waals surface area contributed by atoms with Gasteiger partial charge in [0.2, 0.25) is 0 Å². The lowest BCUT2D eigenvalue weighted by Crippen LogP contribution is -2.57. The highest BCUT2D eigenvalue weighted by molar-refractivity contribution is 5.91. The third-order valence-electron chi connectivity index (χ3n) is 3.38. The highest BCUT2D eigenvalue weighted by atomic mass is 16.5. The third kappa shape index (κ3) is 3.86. The van der Waals surface area contributed by atoms with Crippen LogP contribution < -0.4 is 15.8 Å². The van der Waals surface area contributed by atoms with E-state index < -0.39 is 5.60 Å². The Morgan fingerprint density at radius 2 is 2.24 bits per heavy atom. The van der Waals surface area contributed by atoms with Gasteiger partial charge in [-0.3, -0.25) is 0 Å². The molecule has 2 rings (SSSR count). The molecule has 1 aromatic carbocycles. The average molecular weight is 293 g/mol. The molecule has 0 aromatic heterocycles. The number of carbonyl (C=O) groups excluding carboxylic acids is 1. The SMILES string of the molecule is COc1ccccc1NC(=O)N1CC(CN)OC(C)(C)C1. The van der Waals surface area contributed by atoms with Crippen LogP contribution in [0.2, 0.25) is 0 Å². The fourth-order valence-electron chi connectivity index (χ4n) is 2.52. The van der Waals surface area contributed by atoms with E-state index in [0.717, 1.165) is 0 Å². The van der Waals surface area contributed by atoms with Gasteiger partial charge in [0.1, 0.15) is 5.75 Å². The number of amides is 2. The normalized spacial score (nSPS) is 21.0. The second-order valence-corrected chi connectivity index (χ2v) is 5.75. The second-order valence-electron chi connectivity index (χ2n) is 5.75. The number of ether oxygens (including phenoxy) is 2. The Labute approximate surface area is 125 Å². The van der Waals surface area contributed by atoms with E-state index in [0.29, 0.717) is 31.1 Å². The van der Waals surface area contributed by atoms with Crippen LogP contribution in [0.15, 0.2) is 24.3 Å². The van der Waals surface area contributed by atoms with Crippen molar-refractivity contribution in [3.8, 4) is 5.75 Å². The first-order valence-electron chi connectivity index (χ1n) is 7.02. The van der Waals surface area contributed by atoms with Gasteiger partial charge >= 0.3 is 6.03 Å². The number of benzene rings is 1. The summed E-state index contributed by atoms with van der Waals surface area (Å²) in [6.45, 7) is 5.31. The number of para-hydroxylation sites is 2. The molecule has 1 aliphatic rings. The number of nitrogens with one attached hydrogen (secondary N) is 1. The van der Waals surface area contributed by atoms with E-state index in [-0.39, 0.29) is 12.1 Å². The van der Waals surface area contributed by atoms with Gasteiger partial charge in [0.15, 0.2) is 0 Å². The molecule has 1 atom stereocenters. The molecule has 2 amide bonds. The number of hydrogen-bond acceptors (Lipinski definition) is 4. The minimum atomic E-state index is -0.402. The summed E-state index contributed by atoms with van der Waals surface area (Å²) in [5.74, 6) is 0.633. The molecular weight excluding hydrogens is 270 g/mol. The van der Waals surface area contributed by atoms with Crippen molar-refractivity contribution >= 4 is 11.7 Å². The van der Waals surface area contributed by atoms with E-state index in [2.05, 4.69) is 5.32 Å². The Hall–Kier alpha value is -1.79. The number of nitrogens with two attached hydrogens (primary N) is 1. The lowest BCUT2D eigenvalue weighted by Gasteiger charge is -2.42. The van der Waals surface area contributed by atoms with E-state index in [4.69, 9.17) is 15.2 Å². The molecule has 6 heteroatoms. The molecule has 3 N–H and O–H groups in total. The van der Waals surface area contributed by atoms with Crippen LogP contribution in [0.5, 0.6) is 5.75 Å². The summed E-state index contributed by atoms with van der Waals surface area (Å²) in [6.07, 6.45) is -0.142. The number of hydrogen-bond donors (Lipinski definition) is 2. The molecule has 1 saturated heterocycles. The number of morpholine rings is 1.